The fourth-order valence-electron chi connectivity index (χ4n) is 4.24. The number of alkyl carbamates (subject to hydrolysis) is 1. The second-order valence-electron chi connectivity index (χ2n) is 9.85. The van der Waals surface area contributed by atoms with Gasteiger partial charge in [0.1, 0.15) is 5.60 Å². The second kappa shape index (κ2) is 9.76. The average molecular weight is 441 g/mol. The first kappa shape index (κ1) is 23.8. The molecule has 0 spiro atoms. The van der Waals surface area contributed by atoms with Gasteiger partial charge in [0.15, 0.2) is 0 Å². The minimum atomic E-state index is -0.549. The number of aromatic nitrogens is 2. The molecule has 174 valence electrons. The molecule has 2 amide bonds. The van der Waals surface area contributed by atoms with Crippen LogP contribution < -0.4 is 5.32 Å². The lowest BCUT2D eigenvalue weighted by molar-refractivity contribution is 0.0408. The second-order valence-corrected chi connectivity index (χ2v) is 9.85. The van der Waals surface area contributed by atoms with Crippen LogP contribution in [0.1, 0.15) is 67.8 Å². The molecule has 2 atom stereocenters. The molecule has 1 fully saturated rings. The number of aryl methyl sites for hydroxylation is 2. The monoisotopic (exact) mass is 440 g/mol. The molecule has 2 unspecified atom stereocenters. The van der Waals surface area contributed by atoms with Crippen molar-refractivity contribution in [2.45, 2.75) is 72.6 Å². The molecular weight excluding hydrogens is 404 g/mol. The van der Waals surface area contributed by atoms with E-state index >= 15 is 0 Å². The normalized spacial score (nSPS) is 19.0. The topological polar surface area (TPSA) is 76.5 Å². The number of likely N-dealkylation sites (tertiary alicyclic amines) is 1. The maximum Gasteiger partial charge on any atom is 0.407 e. The Hall–Kier alpha value is -2.83. The van der Waals surface area contributed by atoms with Gasteiger partial charge in [0, 0.05) is 24.3 Å². The number of rotatable bonds is 5. The lowest BCUT2D eigenvalue weighted by Crippen LogP contribution is -2.53. The molecule has 1 saturated heterocycles. The molecule has 7 heteroatoms. The molecule has 1 aliphatic rings. The van der Waals surface area contributed by atoms with Crippen LogP contribution in [0.2, 0.25) is 0 Å². The fourth-order valence-corrected chi connectivity index (χ4v) is 4.24. The summed E-state index contributed by atoms with van der Waals surface area (Å²) in [4.78, 5) is 27.3. The van der Waals surface area contributed by atoms with E-state index in [0.29, 0.717) is 31.1 Å². The van der Waals surface area contributed by atoms with Crippen molar-refractivity contribution in [3.05, 3.63) is 52.8 Å². The third-order valence-electron chi connectivity index (χ3n) is 5.87. The lowest BCUT2D eigenvalue weighted by Gasteiger charge is -2.40. The Morgan fingerprint density at radius 3 is 2.47 bits per heavy atom. The number of benzene rings is 1. The molecule has 2 heterocycles. The number of ether oxygens (including phenoxy) is 1. The predicted molar refractivity (Wildman–Crippen MR) is 125 cm³/mol. The lowest BCUT2D eigenvalue weighted by atomic mass is 9.90. The molecule has 0 aliphatic carbocycles. The van der Waals surface area contributed by atoms with E-state index in [-0.39, 0.29) is 11.9 Å². The predicted octanol–water partition coefficient (Wildman–Crippen LogP) is 4.31. The summed E-state index contributed by atoms with van der Waals surface area (Å²) >= 11 is 0. The molecule has 0 radical (unpaired) electrons. The van der Waals surface area contributed by atoms with Gasteiger partial charge >= 0.3 is 6.09 Å². The third kappa shape index (κ3) is 6.11. The van der Waals surface area contributed by atoms with Gasteiger partial charge < -0.3 is 15.0 Å². The highest BCUT2D eigenvalue weighted by molar-refractivity contribution is 5.94. The van der Waals surface area contributed by atoms with E-state index < -0.39 is 11.7 Å². The van der Waals surface area contributed by atoms with Crippen molar-refractivity contribution in [3.8, 4) is 0 Å². The molecule has 32 heavy (non-hydrogen) atoms. The highest BCUT2D eigenvalue weighted by Gasteiger charge is 2.33. The number of piperidine rings is 1. The Balaban J connectivity index is 1.67. The van der Waals surface area contributed by atoms with E-state index in [0.717, 1.165) is 29.8 Å². The number of nitrogens with zero attached hydrogens (tertiary/aromatic N) is 3. The van der Waals surface area contributed by atoms with E-state index in [1.807, 2.05) is 68.5 Å². The zero-order chi connectivity index (χ0) is 23.5. The van der Waals surface area contributed by atoms with Crippen molar-refractivity contribution in [1.82, 2.24) is 20.0 Å². The summed E-state index contributed by atoms with van der Waals surface area (Å²) in [5.74, 6) is 0.304. The Morgan fingerprint density at radius 1 is 1.19 bits per heavy atom. The van der Waals surface area contributed by atoms with Gasteiger partial charge in [-0.05, 0) is 77.1 Å². The minimum absolute atomic E-state index is 0.00482. The number of carbonyl (C=O) groups excluding carboxylic acids is 2. The molecule has 7 nitrogen and oxygen atoms in total. The van der Waals surface area contributed by atoms with Crippen LogP contribution in [0.5, 0.6) is 0 Å². The van der Waals surface area contributed by atoms with Gasteiger partial charge in [-0.2, -0.15) is 5.10 Å². The van der Waals surface area contributed by atoms with Crippen LogP contribution in [-0.2, 0) is 11.3 Å². The number of hydrogen-bond donors (Lipinski definition) is 1. The Morgan fingerprint density at radius 2 is 1.88 bits per heavy atom. The summed E-state index contributed by atoms with van der Waals surface area (Å²) in [6, 6.07) is 9.76. The van der Waals surface area contributed by atoms with E-state index in [2.05, 4.69) is 23.4 Å². The van der Waals surface area contributed by atoms with Gasteiger partial charge in [0.25, 0.3) is 5.91 Å². The standard InChI is InChI=1S/C25H36N4O3/c1-17-8-7-13-28(22(17)15-26-24(31)32-25(4,5)6)23(30)21-11-9-20(10-12-21)16-29-19(3)14-18(2)27-29/h9-12,14,17,22H,7-8,13,15-16H2,1-6H3,(H,26,31). The summed E-state index contributed by atoms with van der Waals surface area (Å²) in [5.41, 5.74) is 3.33. The Bertz CT molecular complexity index is 943. The summed E-state index contributed by atoms with van der Waals surface area (Å²) in [6.45, 7) is 13.4. The molecule has 1 aromatic carbocycles. The Kier molecular flexibility index (Phi) is 7.26. The van der Waals surface area contributed by atoms with E-state index in [9.17, 15) is 9.59 Å². The third-order valence-corrected chi connectivity index (χ3v) is 5.87. The van der Waals surface area contributed by atoms with Crippen LogP contribution in [-0.4, -0.2) is 51.4 Å². The zero-order valence-corrected chi connectivity index (χ0v) is 20.1. The maximum atomic E-state index is 13.3. The average Bonchev–Trinajstić information content (AvgIpc) is 3.02. The highest BCUT2D eigenvalue weighted by Crippen LogP contribution is 2.25. The molecule has 1 N–H and O–H groups in total. The van der Waals surface area contributed by atoms with Crippen LogP contribution in [0.15, 0.2) is 30.3 Å². The molecule has 3 rings (SSSR count). The van der Waals surface area contributed by atoms with Gasteiger partial charge in [-0.15, -0.1) is 0 Å². The number of amides is 2. The van der Waals surface area contributed by atoms with Crippen molar-refractivity contribution < 1.29 is 14.3 Å². The van der Waals surface area contributed by atoms with E-state index in [4.69, 9.17) is 4.74 Å². The maximum absolute atomic E-state index is 13.3. The number of carbonyl (C=O) groups is 2. The van der Waals surface area contributed by atoms with Gasteiger partial charge in [0.2, 0.25) is 0 Å². The van der Waals surface area contributed by atoms with Gasteiger partial charge in [-0.3, -0.25) is 9.48 Å². The quantitative estimate of drug-likeness (QED) is 0.751. The molecule has 2 aromatic rings. The van der Waals surface area contributed by atoms with Gasteiger partial charge in [-0.1, -0.05) is 19.1 Å². The first-order valence-electron chi connectivity index (χ1n) is 11.4. The van der Waals surface area contributed by atoms with Gasteiger partial charge in [-0.25, -0.2) is 4.79 Å². The molecule has 1 aliphatic heterocycles. The van der Waals surface area contributed by atoms with Crippen molar-refractivity contribution in [3.63, 3.8) is 0 Å². The molecule has 0 bridgehead atoms. The highest BCUT2D eigenvalue weighted by atomic mass is 16.6. The number of nitrogens with one attached hydrogen (secondary N) is 1. The smallest absolute Gasteiger partial charge is 0.407 e. The van der Waals surface area contributed by atoms with Crippen LogP contribution in [0.4, 0.5) is 4.79 Å². The van der Waals surface area contributed by atoms with Crippen LogP contribution >= 0.6 is 0 Å². The SMILES string of the molecule is Cc1cc(C)n(Cc2ccc(C(=O)N3CCCC(C)C3CNC(=O)OC(C)(C)C)cc2)n1. The van der Waals surface area contributed by atoms with Crippen molar-refractivity contribution >= 4 is 12.0 Å². The summed E-state index contributed by atoms with van der Waals surface area (Å²) in [6.07, 6.45) is 1.55. The zero-order valence-electron chi connectivity index (χ0n) is 20.1. The van der Waals surface area contributed by atoms with E-state index in [1.54, 1.807) is 0 Å². The largest absolute Gasteiger partial charge is 0.444 e. The van der Waals surface area contributed by atoms with Crippen LogP contribution in [0.3, 0.4) is 0 Å². The number of hydrogen-bond acceptors (Lipinski definition) is 4. The van der Waals surface area contributed by atoms with Gasteiger partial charge in [0.05, 0.1) is 18.3 Å². The summed E-state index contributed by atoms with van der Waals surface area (Å²) in [5, 5.41) is 7.36. The van der Waals surface area contributed by atoms with Crippen LogP contribution in [0, 0.1) is 19.8 Å². The Labute approximate surface area is 191 Å². The van der Waals surface area contributed by atoms with Crippen molar-refractivity contribution in [2.24, 2.45) is 5.92 Å². The molecule has 0 saturated carbocycles. The van der Waals surface area contributed by atoms with Crippen LogP contribution in [0.25, 0.3) is 0 Å². The molecule has 1 aromatic heterocycles. The van der Waals surface area contributed by atoms with E-state index in [1.165, 1.54) is 0 Å². The summed E-state index contributed by atoms with van der Waals surface area (Å²) in [7, 11) is 0. The minimum Gasteiger partial charge on any atom is -0.444 e. The summed E-state index contributed by atoms with van der Waals surface area (Å²) < 4.78 is 7.32. The molecular formula is C25H36N4O3. The van der Waals surface area contributed by atoms with Crippen molar-refractivity contribution in [1.29, 1.82) is 0 Å². The van der Waals surface area contributed by atoms with Crippen molar-refractivity contribution in [2.75, 3.05) is 13.1 Å². The first-order valence-corrected chi connectivity index (χ1v) is 11.4. The first-order chi connectivity index (χ1) is 15.0. The fraction of sp³-hybridized carbons (Fsp3) is 0.560.